The number of nitrogens with one attached hydrogen (secondary N) is 2. The van der Waals surface area contributed by atoms with E-state index in [0.717, 1.165) is 31.2 Å². The highest BCUT2D eigenvalue weighted by molar-refractivity contribution is 5.76. The normalized spacial score (nSPS) is 15.8. The van der Waals surface area contributed by atoms with Crippen LogP contribution in [0.25, 0.3) is 0 Å². The van der Waals surface area contributed by atoms with E-state index in [1.807, 2.05) is 6.07 Å². The van der Waals surface area contributed by atoms with Crippen molar-refractivity contribution in [1.29, 1.82) is 0 Å². The van der Waals surface area contributed by atoms with E-state index >= 15 is 0 Å². The molecule has 0 aromatic heterocycles. The summed E-state index contributed by atoms with van der Waals surface area (Å²) in [6.07, 6.45) is 4.82. The van der Waals surface area contributed by atoms with Gasteiger partial charge in [0.25, 0.3) is 5.69 Å². The van der Waals surface area contributed by atoms with Crippen LogP contribution in [-0.4, -0.2) is 30.1 Å². The summed E-state index contributed by atoms with van der Waals surface area (Å²) >= 11 is 0. The van der Waals surface area contributed by atoms with E-state index < -0.39 is 11.0 Å². The molecule has 0 bridgehead atoms. The van der Waals surface area contributed by atoms with E-state index in [4.69, 9.17) is 4.74 Å². The highest BCUT2D eigenvalue weighted by Gasteiger charge is 2.26. The molecule has 0 saturated heterocycles. The third-order valence-corrected chi connectivity index (χ3v) is 4.66. The Kier molecular flexibility index (Phi) is 7.38. The molecule has 0 aliphatic heterocycles. The lowest BCUT2D eigenvalue weighted by atomic mass is 10.0. The van der Waals surface area contributed by atoms with Crippen LogP contribution in [0.5, 0.6) is 0 Å². The standard InChI is InChI=1S/C19H29N3O4/c1-13(2)10-17(19(23)26-15-6-4-5-7-15)21-12-14-8-9-16(20-3)18(11-14)22(24)25/h8-9,11,13,15,17,20-21H,4-7,10,12H2,1-3H3/t17-/m0/s1. The lowest BCUT2D eigenvalue weighted by Gasteiger charge is -2.22. The molecule has 2 rings (SSSR count). The summed E-state index contributed by atoms with van der Waals surface area (Å²) < 4.78 is 5.64. The van der Waals surface area contributed by atoms with E-state index in [-0.39, 0.29) is 17.8 Å². The zero-order valence-corrected chi connectivity index (χ0v) is 15.8. The molecule has 0 spiro atoms. The van der Waals surface area contributed by atoms with E-state index in [1.54, 1.807) is 13.1 Å². The molecule has 1 aliphatic rings. The van der Waals surface area contributed by atoms with E-state index in [1.165, 1.54) is 6.07 Å². The molecule has 0 unspecified atom stereocenters. The average Bonchev–Trinajstić information content (AvgIpc) is 3.10. The van der Waals surface area contributed by atoms with Crippen molar-refractivity contribution < 1.29 is 14.5 Å². The molecule has 1 aromatic carbocycles. The Morgan fingerprint density at radius 2 is 2.04 bits per heavy atom. The number of carbonyl (C=O) groups excluding carboxylic acids is 1. The number of nitrogens with zero attached hydrogens (tertiary/aromatic N) is 1. The van der Waals surface area contributed by atoms with Gasteiger partial charge in [0.2, 0.25) is 0 Å². The molecular formula is C19H29N3O4. The summed E-state index contributed by atoms with van der Waals surface area (Å²) in [6, 6.07) is 4.64. The van der Waals surface area contributed by atoms with Crippen LogP contribution in [0.4, 0.5) is 11.4 Å². The fourth-order valence-corrected chi connectivity index (χ4v) is 3.28. The van der Waals surface area contributed by atoms with Gasteiger partial charge in [0.1, 0.15) is 17.8 Å². The number of benzene rings is 1. The highest BCUT2D eigenvalue weighted by Crippen LogP contribution is 2.25. The molecule has 26 heavy (non-hydrogen) atoms. The zero-order chi connectivity index (χ0) is 19.1. The Bertz CT molecular complexity index is 627. The van der Waals surface area contributed by atoms with Gasteiger partial charge >= 0.3 is 5.97 Å². The molecule has 0 radical (unpaired) electrons. The number of anilines is 1. The number of esters is 1. The topological polar surface area (TPSA) is 93.5 Å². The largest absolute Gasteiger partial charge is 0.461 e. The fourth-order valence-electron chi connectivity index (χ4n) is 3.28. The Labute approximate surface area is 154 Å². The minimum absolute atomic E-state index is 0.0285. The molecule has 0 amide bonds. The summed E-state index contributed by atoms with van der Waals surface area (Å²) in [5, 5.41) is 17.2. The van der Waals surface area contributed by atoms with Gasteiger partial charge in [0.15, 0.2) is 0 Å². The van der Waals surface area contributed by atoms with Crippen LogP contribution in [0.2, 0.25) is 0 Å². The number of hydrogen-bond acceptors (Lipinski definition) is 6. The van der Waals surface area contributed by atoms with Crippen LogP contribution in [0, 0.1) is 16.0 Å². The maximum Gasteiger partial charge on any atom is 0.323 e. The predicted octanol–water partition coefficient (Wildman–Crippen LogP) is 3.63. The van der Waals surface area contributed by atoms with Crippen LogP contribution in [0.3, 0.4) is 0 Å². The molecule has 7 nitrogen and oxygen atoms in total. The highest BCUT2D eigenvalue weighted by atomic mass is 16.6. The second-order valence-corrected chi connectivity index (χ2v) is 7.26. The molecule has 1 fully saturated rings. The Balaban J connectivity index is 2.02. The van der Waals surface area contributed by atoms with Gasteiger partial charge in [-0.1, -0.05) is 19.9 Å². The summed E-state index contributed by atoms with van der Waals surface area (Å²) in [5.74, 6) is 0.122. The number of carbonyl (C=O) groups is 1. The summed E-state index contributed by atoms with van der Waals surface area (Å²) in [7, 11) is 1.65. The first kappa shape index (κ1) is 20.2. The van der Waals surface area contributed by atoms with Gasteiger partial charge in [-0.2, -0.15) is 0 Å². The van der Waals surface area contributed by atoms with Gasteiger partial charge < -0.3 is 15.4 Å². The SMILES string of the molecule is CNc1ccc(CN[C@@H](CC(C)C)C(=O)OC2CCCC2)cc1[N+](=O)[O-]. The van der Waals surface area contributed by atoms with Crippen LogP contribution in [0.15, 0.2) is 18.2 Å². The second-order valence-electron chi connectivity index (χ2n) is 7.26. The molecule has 2 N–H and O–H groups in total. The lowest BCUT2D eigenvalue weighted by Crippen LogP contribution is -2.40. The van der Waals surface area contributed by atoms with Gasteiger partial charge in [-0.05, 0) is 49.7 Å². The number of nitro benzene ring substituents is 1. The fraction of sp³-hybridized carbons (Fsp3) is 0.632. The number of hydrogen-bond donors (Lipinski definition) is 2. The van der Waals surface area contributed by atoms with Crippen molar-refractivity contribution in [2.45, 2.75) is 64.6 Å². The minimum atomic E-state index is -0.407. The first-order valence-electron chi connectivity index (χ1n) is 9.29. The molecule has 1 aromatic rings. The van der Waals surface area contributed by atoms with Crippen LogP contribution in [-0.2, 0) is 16.1 Å². The monoisotopic (exact) mass is 363 g/mol. The van der Waals surface area contributed by atoms with Crippen molar-refractivity contribution in [3.63, 3.8) is 0 Å². The predicted molar refractivity (Wildman–Crippen MR) is 101 cm³/mol. The molecule has 144 valence electrons. The van der Waals surface area contributed by atoms with Crippen molar-refractivity contribution in [1.82, 2.24) is 5.32 Å². The molecule has 1 saturated carbocycles. The second kappa shape index (κ2) is 9.52. The van der Waals surface area contributed by atoms with Gasteiger partial charge in [-0.25, -0.2) is 0 Å². The zero-order valence-electron chi connectivity index (χ0n) is 15.8. The van der Waals surface area contributed by atoms with Gasteiger partial charge in [0, 0.05) is 19.7 Å². The van der Waals surface area contributed by atoms with E-state index in [9.17, 15) is 14.9 Å². The molecule has 0 heterocycles. The Hall–Kier alpha value is -2.15. The van der Waals surface area contributed by atoms with Gasteiger partial charge in [0.05, 0.1) is 4.92 Å². The van der Waals surface area contributed by atoms with Gasteiger partial charge in [-0.3, -0.25) is 14.9 Å². The first-order chi connectivity index (χ1) is 12.4. The maximum absolute atomic E-state index is 12.5. The molecule has 1 aliphatic carbocycles. The van der Waals surface area contributed by atoms with Crippen LogP contribution >= 0.6 is 0 Å². The number of rotatable bonds is 9. The third kappa shape index (κ3) is 5.69. The van der Waals surface area contributed by atoms with Crippen molar-refractivity contribution in [3.05, 3.63) is 33.9 Å². The third-order valence-electron chi connectivity index (χ3n) is 4.66. The van der Waals surface area contributed by atoms with Crippen molar-refractivity contribution in [3.8, 4) is 0 Å². The van der Waals surface area contributed by atoms with Crippen LogP contribution < -0.4 is 10.6 Å². The smallest absolute Gasteiger partial charge is 0.323 e. The lowest BCUT2D eigenvalue weighted by molar-refractivity contribution is -0.384. The first-order valence-corrected chi connectivity index (χ1v) is 9.29. The van der Waals surface area contributed by atoms with Crippen molar-refractivity contribution in [2.75, 3.05) is 12.4 Å². The van der Waals surface area contributed by atoms with Gasteiger partial charge in [-0.15, -0.1) is 0 Å². The molecular weight excluding hydrogens is 334 g/mol. The van der Waals surface area contributed by atoms with E-state index in [0.29, 0.717) is 24.6 Å². The Morgan fingerprint density at radius 3 is 2.62 bits per heavy atom. The van der Waals surface area contributed by atoms with Crippen molar-refractivity contribution >= 4 is 17.3 Å². The summed E-state index contributed by atoms with van der Waals surface area (Å²) in [5.41, 5.74) is 1.26. The molecule has 7 heteroatoms. The van der Waals surface area contributed by atoms with E-state index in [2.05, 4.69) is 24.5 Å². The maximum atomic E-state index is 12.5. The minimum Gasteiger partial charge on any atom is -0.461 e. The Morgan fingerprint density at radius 1 is 1.35 bits per heavy atom. The summed E-state index contributed by atoms with van der Waals surface area (Å²) in [4.78, 5) is 23.3. The van der Waals surface area contributed by atoms with Crippen LogP contribution in [0.1, 0.15) is 51.5 Å². The van der Waals surface area contributed by atoms with Crippen molar-refractivity contribution in [2.24, 2.45) is 5.92 Å². The average molecular weight is 363 g/mol. The number of ether oxygens (including phenoxy) is 1. The molecule has 1 atom stereocenters. The quantitative estimate of drug-likeness (QED) is 0.395. The summed E-state index contributed by atoms with van der Waals surface area (Å²) in [6.45, 7) is 4.50. The number of nitro groups is 1.